The van der Waals surface area contributed by atoms with E-state index in [9.17, 15) is 4.79 Å². The fraction of sp³-hybridized carbons (Fsp3) is 0.316. The van der Waals surface area contributed by atoms with Crippen molar-refractivity contribution >= 4 is 5.91 Å². The van der Waals surface area contributed by atoms with Gasteiger partial charge < -0.3 is 14.8 Å². The molecule has 0 saturated carbocycles. The van der Waals surface area contributed by atoms with Crippen LogP contribution < -0.4 is 14.8 Å². The Kier molecular flexibility index (Phi) is 4.81. The van der Waals surface area contributed by atoms with Gasteiger partial charge in [0.25, 0.3) is 5.91 Å². The smallest absolute Gasteiger partial charge is 0.251 e. The van der Waals surface area contributed by atoms with Crippen LogP contribution in [0.15, 0.2) is 42.5 Å². The van der Waals surface area contributed by atoms with Crippen molar-refractivity contribution in [1.29, 1.82) is 0 Å². The second kappa shape index (κ2) is 7.18. The van der Waals surface area contributed by atoms with Crippen LogP contribution in [0.25, 0.3) is 0 Å². The summed E-state index contributed by atoms with van der Waals surface area (Å²) in [6, 6.07) is 13.6. The van der Waals surface area contributed by atoms with Crippen LogP contribution in [0.2, 0.25) is 0 Å². The summed E-state index contributed by atoms with van der Waals surface area (Å²) in [6.07, 6.45) is 1.68. The van der Waals surface area contributed by atoms with Crippen molar-refractivity contribution in [3.8, 4) is 11.5 Å². The highest BCUT2D eigenvalue weighted by atomic mass is 16.5. The van der Waals surface area contributed by atoms with Gasteiger partial charge in [0.1, 0.15) is 0 Å². The van der Waals surface area contributed by atoms with Gasteiger partial charge in [-0.15, -0.1) is 0 Å². The lowest BCUT2D eigenvalue weighted by Gasteiger charge is -2.10. The van der Waals surface area contributed by atoms with Crippen LogP contribution in [0.1, 0.15) is 27.9 Å². The molecule has 0 aromatic heterocycles. The Hall–Kier alpha value is -2.49. The molecule has 1 aliphatic heterocycles. The van der Waals surface area contributed by atoms with Gasteiger partial charge in [0, 0.05) is 18.5 Å². The number of ether oxygens (including phenoxy) is 2. The fourth-order valence-corrected chi connectivity index (χ4v) is 2.61. The molecule has 4 nitrogen and oxygen atoms in total. The van der Waals surface area contributed by atoms with Gasteiger partial charge in [0.15, 0.2) is 11.5 Å². The lowest BCUT2D eigenvalue weighted by Crippen LogP contribution is -2.25. The maximum Gasteiger partial charge on any atom is 0.251 e. The number of hydrogen-bond acceptors (Lipinski definition) is 3. The normalized spacial score (nSPS) is 13.3. The summed E-state index contributed by atoms with van der Waals surface area (Å²) in [4.78, 5) is 12.3. The van der Waals surface area contributed by atoms with E-state index >= 15 is 0 Å². The molecule has 3 rings (SSSR count). The zero-order valence-electron chi connectivity index (χ0n) is 13.3. The molecule has 1 amide bonds. The SMILES string of the molecule is Cc1ccccc1CCNC(=O)c1ccc2c(c1)OCCCO2. The van der Waals surface area contributed by atoms with E-state index in [1.165, 1.54) is 11.1 Å². The Morgan fingerprint density at radius 2 is 1.87 bits per heavy atom. The molecule has 1 aliphatic rings. The Morgan fingerprint density at radius 3 is 2.70 bits per heavy atom. The van der Waals surface area contributed by atoms with Crippen LogP contribution in [0.4, 0.5) is 0 Å². The number of hydrogen-bond donors (Lipinski definition) is 1. The Morgan fingerprint density at radius 1 is 1.09 bits per heavy atom. The molecular weight excluding hydrogens is 290 g/mol. The average Bonchev–Trinajstić information content (AvgIpc) is 2.81. The van der Waals surface area contributed by atoms with E-state index < -0.39 is 0 Å². The van der Waals surface area contributed by atoms with Gasteiger partial charge in [0.2, 0.25) is 0 Å². The van der Waals surface area contributed by atoms with Crippen molar-refractivity contribution in [2.75, 3.05) is 19.8 Å². The molecule has 0 bridgehead atoms. The molecule has 2 aromatic rings. The average molecular weight is 311 g/mol. The summed E-state index contributed by atoms with van der Waals surface area (Å²) in [5, 5.41) is 2.96. The fourth-order valence-electron chi connectivity index (χ4n) is 2.61. The number of nitrogens with one attached hydrogen (secondary N) is 1. The molecule has 0 aliphatic carbocycles. The molecule has 0 spiro atoms. The maximum absolute atomic E-state index is 12.3. The van der Waals surface area contributed by atoms with E-state index in [2.05, 4.69) is 24.4 Å². The van der Waals surface area contributed by atoms with Crippen LogP contribution in [0.3, 0.4) is 0 Å². The number of benzene rings is 2. The van der Waals surface area contributed by atoms with E-state index in [0.717, 1.165) is 12.8 Å². The second-order valence-corrected chi connectivity index (χ2v) is 5.64. The number of rotatable bonds is 4. The highest BCUT2D eigenvalue weighted by molar-refractivity contribution is 5.94. The molecule has 2 aromatic carbocycles. The topological polar surface area (TPSA) is 47.6 Å². The van der Waals surface area contributed by atoms with Crippen molar-refractivity contribution in [3.63, 3.8) is 0 Å². The first kappa shape index (κ1) is 15.4. The molecule has 23 heavy (non-hydrogen) atoms. The summed E-state index contributed by atoms with van der Waals surface area (Å²) in [6.45, 7) is 3.96. The van der Waals surface area contributed by atoms with Crippen molar-refractivity contribution < 1.29 is 14.3 Å². The molecule has 1 heterocycles. The highest BCUT2D eigenvalue weighted by Crippen LogP contribution is 2.30. The zero-order chi connectivity index (χ0) is 16.1. The van der Waals surface area contributed by atoms with Gasteiger partial charge in [0.05, 0.1) is 13.2 Å². The molecule has 0 radical (unpaired) electrons. The monoisotopic (exact) mass is 311 g/mol. The van der Waals surface area contributed by atoms with Gasteiger partial charge in [-0.2, -0.15) is 0 Å². The number of amides is 1. The zero-order valence-corrected chi connectivity index (χ0v) is 13.3. The first-order chi connectivity index (χ1) is 11.2. The highest BCUT2D eigenvalue weighted by Gasteiger charge is 2.13. The summed E-state index contributed by atoms with van der Waals surface area (Å²) >= 11 is 0. The van der Waals surface area contributed by atoms with Crippen LogP contribution in [0, 0.1) is 6.92 Å². The lowest BCUT2D eigenvalue weighted by molar-refractivity contribution is 0.0953. The molecule has 120 valence electrons. The third-order valence-corrected chi connectivity index (χ3v) is 3.95. The van der Waals surface area contributed by atoms with E-state index in [1.807, 2.05) is 12.1 Å². The molecule has 0 fully saturated rings. The first-order valence-electron chi connectivity index (χ1n) is 7.96. The van der Waals surface area contributed by atoms with Gasteiger partial charge in [-0.1, -0.05) is 24.3 Å². The number of fused-ring (bicyclic) bond motifs is 1. The quantitative estimate of drug-likeness (QED) is 0.943. The Labute approximate surface area is 136 Å². The van der Waals surface area contributed by atoms with E-state index in [1.54, 1.807) is 18.2 Å². The maximum atomic E-state index is 12.3. The van der Waals surface area contributed by atoms with Crippen LogP contribution in [-0.2, 0) is 6.42 Å². The van der Waals surface area contributed by atoms with Crippen molar-refractivity contribution in [2.24, 2.45) is 0 Å². The van der Waals surface area contributed by atoms with Crippen molar-refractivity contribution in [1.82, 2.24) is 5.32 Å². The lowest BCUT2D eigenvalue weighted by atomic mass is 10.1. The first-order valence-corrected chi connectivity index (χ1v) is 7.96. The Bertz CT molecular complexity index is 697. The molecular formula is C19H21NO3. The van der Waals surface area contributed by atoms with Crippen LogP contribution in [-0.4, -0.2) is 25.7 Å². The molecule has 0 atom stereocenters. The van der Waals surface area contributed by atoms with Gasteiger partial charge in [-0.3, -0.25) is 4.79 Å². The molecule has 1 N–H and O–H groups in total. The van der Waals surface area contributed by atoms with E-state index in [-0.39, 0.29) is 5.91 Å². The predicted molar refractivity (Wildman–Crippen MR) is 89.3 cm³/mol. The van der Waals surface area contributed by atoms with Gasteiger partial charge in [-0.05, 0) is 42.7 Å². The second-order valence-electron chi connectivity index (χ2n) is 5.64. The summed E-state index contributed by atoms with van der Waals surface area (Å²) in [7, 11) is 0. The minimum Gasteiger partial charge on any atom is -0.490 e. The van der Waals surface area contributed by atoms with Crippen LogP contribution >= 0.6 is 0 Å². The number of carbonyl (C=O) groups excluding carboxylic acids is 1. The van der Waals surface area contributed by atoms with Crippen LogP contribution in [0.5, 0.6) is 11.5 Å². The Balaban J connectivity index is 1.60. The molecule has 4 heteroatoms. The number of aryl methyl sites for hydroxylation is 1. The molecule has 0 saturated heterocycles. The minimum absolute atomic E-state index is 0.0887. The summed E-state index contributed by atoms with van der Waals surface area (Å²) in [5.74, 6) is 1.27. The standard InChI is InChI=1S/C19H21NO3/c1-14-5-2-3-6-15(14)9-10-20-19(21)16-7-8-17-18(13-16)23-12-4-11-22-17/h2-3,5-8,13H,4,9-12H2,1H3,(H,20,21). The van der Waals surface area contributed by atoms with Crippen molar-refractivity contribution in [3.05, 3.63) is 59.2 Å². The number of carbonyl (C=O) groups is 1. The van der Waals surface area contributed by atoms with Gasteiger partial charge >= 0.3 is 0 Å². The largest absolute Gasteiger partial charge is 0.490 e. The summed E-state index contributed by atoms with van der Waals surface area (Å²) < 4.78 is 11.2. The van der Waals surface area contributed by atoms with Gasteiger partial charge in [-0.25, -0.2) is 0 Å². The van der Waals surface area contributed by atoms with Crippen molar-refractivity contribution in [2.45, 2.75) is 19.8 Å². The summed E-state index contributed by atoms with van der Waals surface area (Å²) in [5.41, 5.74) is 3.10. The third-order valence-electron chi connectivity index (χ3n) is 3.95. The molecule has 0 unspecified atom stereocenters. The minimum atomic E-state index is -0.0887. The third kappa shape index (κ3) is 3.83. The van der Waals surface area contributed by atoms with E-state index in [0.29, 0.717) is 36.8 Å². The van der Waals surface area contributed by atoms with E-state index in [4.69, 9.17) is 9.47 Å². The predicted octanol–water partition coefficient (Wildman–Crippen LogP) is 3.13.